The van der Waals surface area contributed by atoms with Crippen LogP contribution in [-0.4, -0.2) is 72.0 Å². The number of rotatable bonds is 0. The Labute approximate surface area is 209 Å². The Hall–Kier alpha value is -4.66. The SMILES string of the molecule is C1=CC2CN3C=CN(/C=c4/cc/c([nH]4)=C\N4C=CN(/C=c5/cc/c([nH]5)=C/N5C=CN(/C=C/1N2)C5)C4)C3. The zero-order valence-electron chi connectivity index (χ0n) is 19.9. The average Bonchev–Trinajstić information content (AvgIpc) is 3.68. The molecule has 2 aromatic rings. The fourth-order valence-corrected chi connectivity index (χ4v) is 4.95. The normalized spacial score (nSPS) is 27.4. The highest BCUT2D eigenvalue weighted by Gasteiger charge is 2.19. The van der Waals surface area contributed by atoms with E-state index in [0.29, 0.717) is 0 Å². The van der Waals surface area contributed by atoms with Gasteiger partial charge in [-0.1, -0.05) is 6.08 Å². The molecular formula is C27H29N9. The van der Waals surface area contributed by atoms with Gasteiger partial charge in [-0.2, -0.15) is 0 Å². The number of nitrogens with zero attached hydrogens (tertiary/aromatic N) is 6. The van der Waals surface area contributed by atoms with Crippen molar-refractivity contribution in [3.63, 3.8) is 0 Å². The van der Waals surface area contributed by atoms with Gasteiger partial charge in [0.25, 0.3) is 0 Å². The van der Waals surface area contributed by atoms with Crippen LogP contribution in [0.15, 0.2) is 85.5 Å². The molecule has 36 heavy (non-hydrogen) atoms. The molecule has 0 amide bonds. The molecule has 1 unspecified atom stereocenters. The Kier molecular flexibility index (Phi) is 4.90. The highest BCUT2D eigenvalue weighted by atomic mass is 15.3. The first kappa shape index (κ1) is 20.7. The summed E-state index contributed by atoms with van der Waals surface area (Å²) in [6, 6.07) is 8.75. The van der Waals surface area contributed by atoms with Crippen LogP contribution in [0.25, 0.3) is 24.8 Å². The summed E-state index contributed by atoms with van der Waals surface area (Å²) in [5.74, 6) is 0. The number of aromatic nitrogens is 2. The number of aromatic amines is 2. The Balaban J connectivity index is 1.18. The summed E-state index contributed by atoms with van der Waals surface area (Å²) in [5.41, 5.74) is 1.13. The van der Waals surface area contributed by atoms with Gasteiger partial charge in [-0.15, -0.1) is 0 Å². The molecule has 0 saturated heterocycles. The first-order valence-corrected chi connectivity index (χ1v) is 12.2. The summed E-state index contributed by atoms with van der Waals surface area (Å²) in [5, 5.41) is 7.93. The molecule has 0 saturated carbocycles. The lowest BCUT2D eigenvalue weighted by Gasteiger charge is -2.22. The van der Waals surface area contributed by atoms with E-state index >= 15 is 0 Å². The number of hydrogen-bond acceptors (Lipinski definition) is 7. The van der Waals surface area contributed by atoms with E-state index in [4.69, 9.17) is 0 Å². The third-order valence-electron chi connectivity index (χ3n) is 6.64. The molecule has 1 atom stereocenters. The second kappa shape index (κ2) is 8.53. The summed E-state index contributed by atoms with van der Waals surface area (Å²) in [6.07, 6.45) is 27.8. The minimum absolute atomic E-state index is 0.286. The number of hydrogen-bond donors (Lipinski definition) is 3. The van der Waals surface area contributed by atoms with Gasteiger partial charge >= 0.3 is 0 Å². The van der Waals surface area contributed by atoms with E-state index in [1.807, 2.05) is 0 Å². The predicted octanol–water partition coefficient (Wildman–Crippen LogP) is -0.483. The van der Waals surface area contributed by atoms with Gasteiger partial charge in [0.2, 0.25) is 0 Å². The van der Waals surface area contributed by atoms with Crippen LogP contribution in [0.4, 0.5) is 0 Å². The van der Waals surface area contributed by atoms with Crippen LogP contribution in [0.2, 0.25) is 0 Å². The smallest absolute Gasteiger partial charge is 0.0979 e. The minimum Gasteiger partial charge on any atom is -0.376 e. The van der Waals surface area contributed by atoms with Gasteiger partial charge in [0.05, 0.1) is 53.1 Å². The summed E-state index contributed by atoms with van der Waals surface area (Å²) in [4.78, 5) is 20.3. The highest BCUT2D eigenvalue weighted by molar-refractivity contribution is 5.32. The van der Waals surface area contributed by atoms with E-state index in [2.05, 4.69) is 149 Å². The van der Waals surface area contributed by atoms with Crippen LogP contribution < -0.4 is 26.7 Å². The van der Waals surface area contributed by atoms with Gasteiger partial charge in [0.1, 0.15) is 0 Å². The molecule has 0 spiro atoms. The van der Waals surface area contributed by atoms with Gasteiger partial charge in [-0.3, -0.25) is 0 Å². The van der Waals surface area contributed by atoms with Crippen LogP contribution in [-0.2, 0) is 0 Å². The maximum atomic E-state index is 3.63. The Morgan fingerprint density at radius 1 is 0.556 bits per heavy atom. The molecule has 7 heterocycles. The van der Waals surface area contributed by atoms with Crippen molar-refractivity contribution in [3.8, 4) is 0 Å². The summed E-state index contributed by atoms with van der Waals surface area (Å²) in [6.45, 7) is 3.29. The molecule has 3 N–H and O–H groups in total. The van der Waals surface area contributed by atoms with Crippen LogP contribution in [0, 0.1) is 0 Å². The van der Waals surface area contributed by atoms with Crippen molar-refractivity contribution in [1.82, 2.24) is 44.7 Å². The summed E-state index contributed by atoms with van der Waals surface area (Å²) >= 11 is 0. The maximum absolute atomic E-state index is 3.63. The van der Waals surface area contributed by atoms with Gasteiger partial charge in [-0.05, 0) is 30.3 Å². The van der Waals surface area contributed by atoms with E-state index in [1.165, 1.54) is 0 Å². The van der Waals surface area contributed by atoms with Gasteiger partial charge in [0, 0.05) is 74.7 Å². The first-order chi connectivity index (χ1) is 17.7. The molecular weight excluding hydrogens is 450 g/mol. The topological polar surface area (TPSA) is 63.1 Å². The molecule has 9 heteroatoms. The zero-order valence-corrected chi connectivity index (χ0v) is 19.9. The number of fused-ring (bicyclic) bond motifs is 12. The van der Waals surface area contributed by atoms with Crippen molar-refractivity contribution in [1.29, 1.82) is 0 Å². The van der Waals surface area contributed by atoms with Crippen molar-refractivity contribution < 1.29 is 0 Å². The highest BCUT2D eigenvalue weighted by Crippen LogP contribution is 2.15. The third-order valence-corrected chi connectivity index (χ3v) is 6.64. The number of H-pyrrole nitrogens is 2. The zero-order chi connectivity index (χ0) is 23.9. The molecule has 9 nitrogen and oxygen atoms in total. The molecule has 5 aliphatic rings. The van der Waals surface area contributed by atoms with E-state index in [0.717, 1.165) is 53.6 Å². The average molecular weight is 480 g/mol. The largest absolute Gasteiger partial charge is 0.376 e. The predicted molar refractivity (Wildman–Crippen MR) is 140 cm³/mol. The Morgan fingerprint density at radius 2 is 1.03 bits per heavy atom. The molecule has 7 rings (SSSR count). The fourth-order valence-electron chi connectivity index (χ4n) is 4.95. The first-order valence-electron chi connectivity index (χ1n) is 12.2. The lowest BCUT2D eigenvalue weighted by molar-refractivity contribution is 0.313. The minimum atomic E-state index is 0.286. The molecule has 0 fully saturated rings. The van der Waals surface area contributed by atoms with Crippen LogP contribution in [0.1, 0.15) is 0 Å². The summed E-state index contributed by atoms with van der Waals surface area (Å²) in [7, 11) is 0. The standard InChI is InChI=1S/C27H29N9/c1-2-23-14-32-9-10-34(20-32)16-25-5-6-27(30-25)18-36-12-11-35(21-36)17-26-4-3-24(29-26)15-33-8-7-31(19-33)13-22(1)28-23/h1-17,27-30H,18-21H2/b22-13-,23-14-,24-15+,25-16-,26-17-. The number of allylic oxidation sites excluding steroid dienone is 1. The van der Waals surface area contributed by atoms with Crippen molar-refractivity contribution in [2.45, 2.75) is 6.04 Å². The van der Waals surface area contributed by atoms with Crippen molar-refractivity contribution in [2.75, 3.05) is 26.6 Å². The summed E-state index contributed by atoms with van der Waals surface area (Å²) < 4.78 is 0. The van der Waals surface area contributed by atoms with Crippen molar-refractivity contribution in [3.05, 3.63) is 107 Å². The van der Waals surface area contributed by atoms with Crippen LogP contribution >= 0.6 is 0 Å². The second-order valence-corrected chi connectivity index (χ2v) is 9.61. The molecule has 0 radical (unpaired) electrons. The van der Waals surface area contributed by atoms with Gasteiger partial charge in [-0.25, -0.2) is 0 Å². The Bertz CT molecular complexity index is 1540. The number of nitrogens with one attached hydrogen (secondary N) is 3. The fraction of sp³-hybridized carbons (Fsp3) is 0.185. The van der Waals surface area contributed by atoms with Gasteiger partial charge < -0.3 is 44.7 Å². The molecule has 2 aromatic heterocycles. The van der Waals surface area contributed by atoms with E-state index in [1.54, 1.807) is 0 Å². The van der Waals surface area contributed by atoms with Gasteiger partial charge in [0.15, 0.2) is 0 Å². The molecule has 0 aromatic carbocycles. The maximum Gasteiger partial charge on any atom is 0.0979 e. The van der Waals surface area contributed by atoms with E-state index in [-0.39, 0.29) is 6.04 Å². The van der Waals surface area contributed by atoms with E-state index < -0.39 is 0 Å². The van der Waals surface area contributed by atoms with E-state index in [9.17, 15) is 0 Å². The lowest BCUT2D eigenvalue weighted by atomic mass is 10.3. The second-order valence-electron chi connectivity index (χ2n) is 9.61. The van der Waals surface area contributed by atoms with Crippen LogP contribution in [0.3, 0.4) is 0 Å². The quantitative estimate of drug-likeness (QED) is 0.472. The van der Waals surface area contributed by atoms with Crippen molar-refractivity contribution in [2.24, 2.45) is 0 Å². The lowest BCUT2D eigenvalue weighted by Crippen LogP contribution is -2.35. The molecule has 5 aliphatic heterocycles. The molecule has 182 valence electrons. The Morgan fingerprint density at radius 3 is 1.58 bits per heavy atom. The molecule has 0 aliphatic carbocycles. The molecule has 12 bridgehead atoms. The third kappa shape index (κ3) is 4.38. The van der Waals surface area contributed by atoms with Crippen LogP contribution in [0.5, 0.6) is 0 Å². The van der Waals surface area contributed by atoms with Crippen molar-refractivity contribution >= 4 is 24.8 Å². The monoisotopic (exact) mass is 479 g/mol.